The van der Waals surface area contributed by atoms with E-state index in [1.807, 2.05) is 0 Å². The summed E-state index contributed by atoms with van der Waals surface area (Å²) < 4.78 is 0. The maximum atomic E-state index is 3.73. The van der Waals surface area contributed by atoms with E-state index in [1.54, 1.807) is 0 Å². The van der Waals surface area contributed by atoms with Crippen LogP contribution in [0.1, 0.15) is 66.2 Å². The monoisotopic (exact) mass is 280 g/mol. The Bertz CT molecular complexity index is 281. The van der Waals surface area contributed by atoms with E-state index in [0.717, 1.165) is 17.9 Å². The molecular weight excluding hydrogens is 244 g/mol. The van der Waals surface area contributed by atoms with Crippen molar-refractivity contribution in [3.63, 3.8) is 0 Å². The Balaban J connectivity index is 1.95. The molecule has 2 rings (SSSR count). The normalized spacial score (nSPS) is 39.3. The number of hydrogen-bond acceptors (Lipinski definition) is 2. The fourth-order valence-electron chi connectivity index (χ4n) is 4.33. The van der Waals surface area contributed by atoms with E-state index in [4.69, 9.17) is 0 Å². The predicted octanol–water partition coefficient (Wildman–Crippen LogP) is 3.91. The molecule has 0 aromatic carbocycles. The summed E-state index contributed by atoms with van der Waals surface area (Å²) in [7, 11) is 0. The minimum atomic E-state index is 0.556. The molecule has 0 aromatic heterocycles. The Labute approximate surface area is 126 Å². The highest BCUT2D eigenvalue weighted by atomic mass is 15.2. The van der Waals surface area contributed by atoms with Crippen molar-refractivity contribution < 1.29 is 0 Å². The van der Waals surface area contributed by atoms with Crippen LogP contribution in [-0.4, -0.2) is 37.1 Å². The Morgan fingerprint density at radius 1 is 1.10 bits per heavy atom. The van der Waals surface area contributed by atoms with E-state index in [-0.39, 0.29) is 0 Å². The van der Waals surface area contributed by atoms with Crippen LogP contribution in [0.4, 0.5) is 0 Å². The van der Waals surface area contributed by atoms with Crippen LogP contribution in [-0.2, 0) is 0 Å². The van der Waals surface area contributed by atoms with Crippen LogP contribution in [0.2, 0.25) is 0 Å². The zero-order valence-corrected chi connectivity index (χ0v) is 14.3. The highest BCUT2D eigenvalue weighted by molar-refractivity contribution is 4.92. The standard InChI is InChI=1S/C18H36N2/c1-5-10-19-13-18(8-6-15(2)7-9-18)14-20-12-16(3)11-17(20)4/h15-17,19H,5-14H2,1-4H3. The van der Waals surface area contributed by atoms with Crippen molar-refractivity contribution in [1.29, 1.82) is 0 Å². The molecule has 0 radical (unpaired) electrons. The predicted molar refractivity (Wildman–Crippen MR) is 88.0 cm³/mol. The molecule has 2 unspecified atom stereocenters. The molecule has 0 amide bonds. The molecule has 118 valence electrons. The van der Waals surface area contributed by atoms with Gasteiger partial charge in [-0.15, -0.1) is 0 Å². The van der Waals surface area contributed by atoms with Gasteiger partial charge in [-0.05, 0) is 56.4 Å². The number of nitrogens with one attached hydrogen (secondary N) is 1. The number of hydrogen-bond donors (Lipinski definition) is 1. The van der Waals surface area contributed by atoms with Crippen LogP contribution >= 0.6 is 0 Å². The van der Waals surface area contributed by atoms with Crippen LogP contribution in [0.15, 0.2) is 0 Å². The summed E-state index contributed by atoms with van der Waals surface area (Å²) in [4.78, 5) is 2.79. The highest BCUT2D eigenvalue weighted by Crippen LogP contribution is 2.40. The number of rotatable bonds is 6. The van der Waals surface area contributed by atoms with Crippen LogP contribution < -0.4 is 5.32 Å². The molecule has 2 atom stereocenters. The zero-order chi connectivity index (χ0) is 14.6. The molecule has 20 heavy (non-hydrogen) atoms. The van der Waals surface area contributed by atoms with E-state index in [9.17, 15) is 0 Å². The first-order valence-electron chi connectivity index (χ1n) is 8.99. The van der Waals surface area contributed by atoms with Gasteiger partial charge in [-0.25, -0.2) is 0 Å². The zero-order valence-electron chi connectivity index (χ0n) is 14.3. The Kier molecular flexibility index (Phi) is 5.92. The molecule has 2 aliphatic rings. The summed E-state index contributed by atoms with van der Waals surface area (Å²) in [6.45, 7) is 14.6. The highest BCUT2D eigenvalue weighted by Gasteiger charge is 2.38. The van der Waals surface area contributed by atoms with Gasteiger partial charge in [0, 0.05) is 25.7 Å². The minimum absolute atomic E-state index is 0.556. The Morgan fingerprint density at radius 2 is 1.80 bits per heavy atom. The van der Waals surface area contributed by atoms with Gasteiger partial charge in [-0.2, -0.15) is 0 Å². The molecule has 2 fully saturated rings. The molecule has 1 aliphatic carbocycles. The largest absolute Gasteiger partial charge is 0.316 e. The molecule has 1 N–H and O–H groups in total. The molecule has 0 aromatic rings. The SMILES string of the molecule is CCCNCC1(CN2CC(C)CC2C)CCC(C)CC1. The Morgan fingerprint density at radius 3 is 2.35 bits per heavy atom. The lowest BCUT2D eigenvalue weighted by Crippen LogP contribution is -2.47. The van der Waals surface area contributed by atoms with Gasteiger partial charge in [-0.1, -0.05) is 33.6 Å². The van der Waals surface area contributed by atoms with Gasteiger partial charge in [0.15, 0.2) is 0 Å². The molecule has 1 aliphatic heterocycles. The van der Waals surface area contributed by atoms with Crippen molar-refractivity contribution in [1.82, 2.24) is 10.2 Å². The second kappa shape index (κ2) is 7.26. The average Bonchev–Trinajstić information content (AvgIpc) is 2.72. The fourth-order valence-corrected chi connectivity index (χ4v) is 4.33. The summed E-state index contributed by atoms with van der Waals surface area (Å²) in [5.74, 6) is 1.84. The maximum Gasteiger partial charge on any atom is 0.00702 e. The van der Waals surface area contributed by atoms with Crippen molar-refractivity contribution >= 4 is 0 Å². The summed E-state index contributed by atoms with van der Waals surface area (Å²) in [6.07, 6.45) is 8.39. The lowest BCUT2D eigenvalue weighted by molar-refractivity contribution is 0.0823. The first-order valence-corrected chi connectivity index (χ1v) is 8.99. The summed E-state index contributed by atoms with van der Waals surface area (Å²) in [6, 6.07) is 0.799. The van der Waals surface area contributed by atoms with E-state index >= 15 is 0 Å². The maximum absolute atomic E-state index is 3.73. The smallest absolute Gasteiger partial charge is 0.00702 e. The molecule has 1 saturated carbocycles. The van der Waals surface area contributed by atoms with Crippen LogP contribution in [0.3, 0.4) is 0 Å². The lowest BCUT2D eigenvalue weighted by Gasteiger charge is -2.43. The van der Waals surface area contributed by atoms with Crippen LogP contribution in [0.25, 0.3) is 0 Å². The third-order valence-electron chi connectivity index (χ3n) is 5.71. The summed E-state index contributed by atoms with van der Waals surface area (Å²) in [5.41, 5.74) is 0.556. The van der Waals surface area contributed by atoms with Gasteiger partial charge < -0.3 is 5.32 Å². The van der Waals surface area contributed by atoms with Gasteiger partial charge in [-0.3, -0.25) is 4.90 Å². The van der Waals surface area contributed by atoms with Crippen molar-refractivity contribution in [2.45, 2.75) is 72.3 Å². The molecule has 0 spiro atoms. The van der Waals surface area contributed by atoms with E-state index in [2.05, 4.69) is 37.9 Å². The van der Waals surface area contributed by atoms with Crippen molar-refractivity contribution in [2.24, 2.45) is 17.3 Å². The van der Waals surface area contributed by atoms with Crippen molar-refractivity contribution in [2.75, 3.05) is 26.2 Å². The Hall–Kier alpha value is -0.0800. The van der Waals surface area contributed by atoms with Gasteiger partial charge in [0.25, 0.3) is 0 Å². The van der Waals surface area contributed by atoms with Gasteiger partial charge >= 0.3 is 0 Å². The summed E-state index contributed by atoms with van der Waals surface area (Å²) >= 11 is 0. The summed E-state index contributed by atoms with van der Waals surface area (Å²) in [5, 5.41) is 3.73. The molecule has 0 bridgehead atoms. The van der Waals surface area contributed by atoms with Crippen LogP contribution in [0, 0.1) is 17.3 Å². The van der Waals surface area contributed by atoms with Gasteiger partial charge in [0.1, 0.15) is 0 Å². The van der Waals surface area contributed by atoms with E-state index < -0.39 is 0 Å². The van der Waals surface area contributed by atoms with Gasteiger partial charge in [0.2, 0.25) is 0 Å². The third-order valence-corrected chi connectivity index (χ3v) is 5.71. The number of likely N-dealkylation sites (tertiary alicyclic amines) is 1. The van der Waals surface area contributed by atoms with E-state index in [0.29, 0.717) is 5.41 Å². The lowest BCUT2D eigenvalue weighted by atomic mass is 9.70. The molecule has 2 nitrogen and oxygen atoms in total. The first-order chi connectivity index (χ1) is 9.54. The van der Waals surface area contributed by atoms with Gasteiger partial charge in [0.05, 0.1) is 0 Å². The molecular formula is C18H36N2. The average molecular weight is 281 g/mol. The quantitative estimate of drug-likeness (QED) is 0.742. The first kappa shape index (κ1) is 16.3. The topological polar surface area (TPSA) is 15.3 Å². The van der Waals surface area contributed by atoms with Crippen LogP contribution in [0.5, 0.6) is 0 Å². The second-order valence-corrected chi connectivity index (χ2v) is 7.98. The van der Waals surface area contributed by atoms with Crippen molar-refractivity contribution in [3.8, 4) is 0 Å². The van der Waals surface area contributed by atoms with E-state index in [1.165, 1.54) is 64.7 Å². The third kappa shape index (κ3) is 4.21. The second-order valence-electron chi connectivity index (χ2n) is 7.98. The van der Waals surface area contributed by atoms with Crippen molar-refractivity contribution in [3.05, 3.63) is 0 Å². The number of nitrogens with zero attached hydrogens (tertiary/aromatic N) is 1. The molecule has 1 heterocycles. The molecule has 2 heteroatoms. The fraction of sp³-hybridized carbons (Fsp3) is 1.00. The molecule has 1 saturated heterocycles. The minimum Gasteiger partial charge on any atom is -0.316 e.